The summed E-state index contributed by atoms with van der Waals surface area (Å²) in [5, 5.41) is 0. The molecule has 0 aliphatic carbocycles. The summed E-state index contributed by atoms with van der Waals surface area (Å²) in [6.45, 7) is 2.68. The van der Waals surface area contributed by atoms with E-state index in [9.17, 15) is 8.42 Å². The van der Waals surface area contributed by atoms with E-state index in [1.54, 1.807) is 0 Å². The van der Waals surface area contributed by atoms with E-state index in [4.69, 9.17) is 11.6 Å². The van der Waals surface area contributed by atoms with Gasteiger partial charge in [-0.2, -0.15) is 4.31 Å². The Hall–Kier alpha value is -0.780. The van der Waals surface area contributed by atoms with Crippen LogP contribution in [0.5, 0.6) is 0 Å². The van der Waals surface area contributed by atoms with Crippen LogP contribution < -0.4 is 4.90 Å². The first-order valence-corrected chi connectivity index (χ1v) is 8.35. The van der Waals surface area contributed by atoms with Gasteiger partial charge in [-0.05, 0) is 17.7 Å². The lowest BCUT2D eigenvalue weighted by molar-refractivity contribution is 0.424. The van der Waals surface area contributed by atoms with Gasteiger partial charge in [-0.15, -0.1) is 11.6 Å². The molecule has 0 saturated heterocycles. The molecule has 0 unspecified atom stereocenters. The molecule has 0 aliphatic rings. The maximum atomic E-state index is 12.0. The molecule has 6 heteroatoms. The number of anilines is 1. The molecule has 0 aromatic heterocycles. The van der Waals surface area contributed by atoms with E-state index in [2.05, 4.69) is 0 Å². The predicted molar refractivity (Wildman–Crippen MR) is 81.4 cm³/mol. The van der Waals surface area contributed by atoms with Crippen LogP contribution in [0.2, 0.25) is 0 Å². The van der Waals surface area contributed by atoms with Crippen LogP contribution in [0.4, 0.5) is 5.69 Å². The molecule has 0 bridgehead atoms. The molecule has 0 atom stereocenters. The van der Waals surface area contributed by atoms with Crippen LogP contribution in [0.25, 0.3) is 0 Å². The number of rotatable bonds is 7. The zero-order chi connectivity index (χ0) is 14.5. The minimum absolute atomic E-state index is 0.0157. The van der Waals surface area contributed by atoms with E-state index in [1.165, 1.54) is 4.31 Å². The van der Waals surface area contributed by atoms with E-state index in [1.807, 2.05) is 50.2 Å². The van der Waals surface area contributed by atoms with Crippen molar-refractivity contribution >= 4 is 27.3 Å². The summed E-state index contributed by atoms with van der Waals surface area (Å²) in [6, 6.07) is 7.87. The van der Waals surface area contributed by atoms with E-state index >= 15 is 0 Å². The van der Waals surface area contributed by atoms with Gasteiger partial charge in [0.1, 0.15) is 0 Å². The summed E-state index contributed by atoms with van der Waals surface area (Å²) in [6.07, 6.45) is 0. The Kier molecular flexibility index (Phi) is 6.10. The highest BCUT2D eigenvalue weighted by Crippen LogP contribution is 2.15. The molecule has 0 fully saturated rings. The molecule has 1 aromatic rings. The number of hydrogen-bond acceptors (Lipinski definition) is 3. The second-order valence-corrected chi connectivity index (χ2v) is 6.96. The maximum Gasteiger partial charge on any atom is 0.215 e. The molecule has 19 heavy (non-hydrogen) atoms. The summed E-state index contributed by atoms with van der Waals surface area (Å²) < 4.78 is 25.4. The normalized spacial score (nSPS) is 11.8. The molecule has 0 radical (unpaired) electrons. The van der Waals surface area contributed by atoms with Crippen LogP contribution in [0.15, 0.2) is 24.3 Å². The first-order valence-electron chi connectivity index (χ1n) is 6.20. The van der Waals surface area contributed by atoms with Crippen LogP contribution in [-0.4, -0.2) is 45.0 Å². The summed E-state index contributed by atoms with van der Waals surface area (Å²) in [5.74, 6) is 0.108. The van der Waals surface area contributed by atoms with Crippen LogP contribution >= 0.6 is 11.6 Å². The quantitative estimate of drug-likeness (QED) is 0.725. The largest absolute Gasteiger partial charge is 0.378 e. The number of nitrogens with zero attached hydrogens (tertiary/aromatic N) is 2. The molecule has 0 aliphatic heterocycles. The van der Waals surface area contributed by atoms with Gasteiger partial charge in [-0.25, -0.2) is 8.42 Å². The highest BCUT2D eigenvalue weighted by molar-refractivity contribution is 7.89. The molecule has 4 nitrogen and oxygen atoms in total. The van der Waals surface area contributed by atoms with E-state index in [-0.39, 0.29) is 11.6 Å². The zero-order valence-electron chi connectivity index (χ0n) is 11.6. The molecule has 0 N–H and O–H groups in total. The first-order chi connectivity index (χ1) is 8.90. The number of benzene rings is 1. The number of alkyl halides is 1. The van der Waals surface area contributed by atoms with Gasteiger partial charge in [0.2, 0.25) is 10.0 Å². The summed E-state index contributed by atoms with van der Waals surface area (Å²) in [4.78, 5) is 2.01. The van der Waals surface area contributed by atoms with Gasteiger partial charge in [0.15, 0.2) is 0 Å². The minimum Gasteiger partial charge on any atom is -0.378 e. The lowest BCUT2D eigenvalue weighted by Gasteiger charge is -2.20. The van der Waals surface area contributed by atoms with Crippen LogP contribution in [0.3, 0.4) is 0 Å². The SMILES string of the molecule is CCN(Cc1ccc(N(C)C)cc1)S(=O)(=O)CCCl. The Labute approximate surface area is 121 Å². The molecular weight excluding hydrogens is 284 g/mol. The molecule has 0 amide bonds. The summed E-state index contributed by atoms with van der Waals surface area (Å²) >= 11 is 5.53. The first kappa shape index (κ1) is 16.3. The van der Waals surface area contributed by atoms with Gasteiger partial charge in [0.05, 0.1) is 5.75 Å². The third-order valence-corrected chi connectivity index (χ3v) is 5.20. The van der Waals surface area contributed by atoms with Crippen molar-refractivity contribution < 1.29 is 8.42 Å². The highest BCUT2D eigenvalue weighted by atomic mass is 35.5. The van der Waals surface area contributed by atoms with Crippen LogP contribution in [-0.2, 0) is 16.6 Å². The van der Waals surface area contributed by atoms with Gasteiger partial charge < -0.3 is 4.90 Å². The smallest absolute Gasteiger partial charge is 0.215 e. The van der Waals surface area contributed by atoms with Crippen molar-refractivity contribution in [2.75, 3.05) is 37.2 Å². The van der Waals surface area contributed by atoms with Gasteiger partial charge in [-0.3, -0.25) is 0 Å². The second kappa shape index (κ2) is 7.12. The van der Waals surface area contributed by atoms with Crippen molar-refractivity contribution in [3.63, 3.8) is 0 Å². The van der Waals surface area contributed by atoms with Gasteiger partial charge in [-0.1, -0.05) is 19.1 Å². The van der Waals surface area contributed by atoms with Crippen molar-refractivity contribution in [3.8, 4) is 0 Å². The van der Waals surface area contributed by atoms with Gasteiger partial charge >= 0.3 is 0 Å². The van der Waals surface area contributed by atoms with Crippen LogP contribution in [0, 0.1) is 0 Å². The number of halogens is 1. The Balaban J connectivity index is 2.82. The Morgan fingerprint density at radius 1 is 1.16 bits per heavy atom. The highest BCUT2D eigenvalue weighted by Gasteiger charge is 2.19. The lowest BCUT2D eigenvalue weighted by Crippen LogP contribution is -2.32. The van der Waals surface area contributed by atoms with Gasteiger partial charge in [0.25, 0.3) is 0 Å². The molecular formula is C13H21ClN2O2S. The third kappa shape index (κ3) is 4.67. The number of sulfonamides is 1. The fraction of sp³-hybridized carbons (Fsp3) is 0.538. The second-order valence-electron chi connectivity index (χ2n) is 4.49. The number of hydrogen-bond donors (Lipinski definition) is 0. The van der Waals surface area contributed by atoms with Crippen molar-refractivity contribution in [2.45, 2.75) is 13.5 Å². The van der Waals surface area contributed by atoms with Crippen molar-refractivity contribution in [1.29, 1.82) is 0 Å². The van der Waals surface area contributed by atoms with Crippen molar-refractivity contribution in [2.24, 2.45) is 0 Å². The van der Waals surface area contributed by atoms with Gasteiger partial charge in [0, 0.05) is 38.8 Å². The fourth-order valence-electron chi connectivity index (χ4n) is 1.74. The zero-order valence-corrected chi connectivity index (χ0v) is 13.2. The molecule has 108 valence electrons. The molecule has 1 rings (SSSR count). The van der Waals surface area contributed by atoms with Crippen LogP contribution in [0.1, 0.15) is 12.5 Å². The predicted octanol–water partition coefficient (Wildman–Crippen LogP) is 2.14. The average molecular weight is 305 g/mol. The standard InChI is InChI=1S/C13H21ClN2O2S/c1-4-16(19(17,18)10-9-14)11-12-5-7-13(8-6-12)15(2)3/h5-8H,4,9-11H2,1-3H3. The minimum atomic E-state index is -3.26. The van der Waals surface area contributed by atoms with E-state index < -0.39 is 10.0 Å². The molecule has 0 heterocycles. The topological polar surface area (TPSA) is 40.6 Å². The molecule has 0 saturated carbocycles. The average Bonchev–Trinajstić information content (AvgIpc) is 2.36. The third-order valence-electron chi connectivity index (χ3n) is 2.89. The fourth-order valence-corrected chi connectivity index (χ4v) is 3.51. The summed E-state index contributed by atoms with van der Waals surface area (Å²) in [5.41, 5.74) is 2.07. The van der Waals surface area contributed by atoms with Crippen molar-refractivity contribution in [1.82, 2.24) is 4.31 Å². The Morgan fingerprint density at radius 2 is 1.74 bits per heavy atom. The lowest BCUT2D eigenvalue weighted by atomic mass is 10.2. The Morgan fingerprint density at radius 3 is 2.16 bits per heavy atom. The summed E-state index contributed by atoms with van der Waals surface area (Å²) in [7, 11) is 0.685. The van der Waals surface area contributed by atoms with E-state index in [0.717, 1.165) is 11.3 Å². The van der Waals surface area contributed by atoms with Crippen molar-refractivity contribution in [3.05, 3.63) is 29.8 Å². The molecule has 1 aromatic carbocycles. The maximum absolute atomic E-state index is 12.0. The Bertz CT molecular complexity index is 486. The monoisotopic (exact) mass is 304 g/mol. The van der Waals surface area contributed by atoms with E-state index in [0.29, 0.717) is 13.1 Å². The molecule has 0 spiro atoms.